The molecule has 0 bridgehead atoms. The number of benzene rings is 2. The topological polar surface area (TPSA) is 47.1 Å². The average Bonchev–Trinajstić information content (AvgIpc) is 3.10. The largest absolute Gasteiger partial charge is 0.454 e. The van der Waals surface area contributed by atoms with Gasteiger partial charge in [-0.1, -0.05) is 24.3 Å². The minimum Gasteiger partial charge on any atom is -0.454 e. The molecule has 0 spiro atoms. The molecule has 20 heavy (non-hydrogen) atoms. The average molecular weight is 264 g/mol. The Kier molecular flexibility index (Phi) is 2.45. The second-order valence-electron chi connectivity index (χ2n) is 4.59. The first-order valence-electron chi connectivity index (χ1n) is 6.41. The molecule has 0 saturated heterocycles. The number of nitrogens with zero attached hydrogens (tertiary/aromatic N) is 1. The summed E-state index contributed by atoms with van der Waals surface area (Å²) >= 11 is 0. The highest BCUT2D eigenvalue weighted by Crippen LogP contribution is 2.32. The SMILES string of the molecule is C(=C\c1nc2ccccc2[nH]1)/c1ccc2c(c1)OCO2. The highest BCUT2D eigenvalue weighted by atomic mass is 16.7. The first kappa shape index (κ1) is 11.1. The predicted octanol–water partition coefficient (Wildman–Crippen LogP) is 3.46. The molecule has 1 aliphatic heterocycles. The fraction of sp³-hybridized carbons (Fsp3) is 0.0625. The molecule has 3 aromatic rings. The summed E-state index contributed by atoms with van der Waals surface area (Å²) in [6.45, 7) is 0.298. The summed E-state index contributed by atoms with van der Waals surface area (Å²) in [5.74, 6) is 2.42. The van der Waals surface area contributed by atoms with Gasteiger partial charge in [-0.25, -0.2) is 4.98 Å². The molecule has 4 nitrogen and oxygen atoms in total. The number of fused-ring (bicyclic) bond motifs is 2. The Hall–Kier alpha value is -2.75. The molecule has 0 amide bonds. The van der Waals surface area contributed by atoms with Crippen LogP contribution in [0.15, 0.2) is 42.5 Å². The van der Waals surface area contributed by atoms with Crippen LogP contribution in [0.2, 0.25) is 0 Å². The molecule has 2 heterocycles. The Morgan fingerprint density at radius 3 is 2.85 bits per heavy atom. The Balaban J connectivity index is 1.64. The zero-order valence-corrected chi connectivity index (χ0v) is 10.7. The van der Waals surface area contributed by atoms with Crippen molar-refractivity contribution in [3.8, 4) is 11.5 Å². The lowest BCUT2D eigenvalue weighted by Gasteiger charge is -1.96. The molecule has 4 heteroatoms. The van der Waals surface area contributed by atoms with Crippen molar-refractivity contribution in [1.82, 2.24) is 9.97 Å². The number of para-hydroxylation sites is 2. The molecule has 0 unspecified atom stereocenters. The fourth-order valence-electron chi connectivity index (χ4n) is 2.24. The van der Waals surface area contributed by atoms with E-state index in [-0.39, 0.29) is 0 Å². The van der Waals surface area contributed by atoms with E-state index in [1.807, 2.05) is 54.6 Å². The normalized spacial score (nSPS) is 13.4. The van der Waals surface area contributed by atoms with Gasteiger partial charge in [0, 0.05) is 0 Å². The van der Waals surface area contributed by atoms with Crippen LogP contribution < -0.4 is 9.47 Å². The second-order valence-corrected chi connectivity index (χ2v) is 4.59. The monoisotopic (exact) mass is 264 g/mol. The van der Waals surface area contributed by atoms with E-state index in [9.17, 15) is 0 Å². The molecule has 0 aliphatic carbocycles. The van der Waals surface area contributed by atoms with E-state index in [1.165, 1.54) is 0 Å². The van der Waals surface area contributed by atoms with E-state index in [2.05, 4.69) is 9.97 Å². The molecular weight excluding hydrogens is 252 g/mol. The van der Waals surface area contributed by atoms with Crippen molar-refractivity contribution in [2.45, 2.75) is 0 Å². The van der Waals surface area contributed by atoms with Crippen molar-refractivity contribution in [1.29, 1.82) is 0 Å². The van der Waals surface area contributed by atoms with Crippen LogP contribution in [0, 0.1) is 0 Å². The van der Waals surface area contributed by atoms with Crippen molar-refractivity contribution in [2.24, 2.45) is 0 Å². The van der Waals surface area contributed by atoms with Gasteiger partial charge >= 0.3 is 0 Å². The summed E-state index contributed by atoms with van der Waals surface area (Å²) in [4.78, 5) is 7.77. The lowest BCUT2D eigenvalue weighted by molar-refractivity contribution is 0.174. The Bertz CT molecular complexity index is 772. The van der Waals surface area contributed by atoms with Crippen LogP contribution in [0.1, 0.15) is 11.4 Å². The van der Waals surface area contributed by atoms with E-state index in [4.69, 9.17) is 9.47 Å². The summed E-state index contributed by atoms with van der Waals surface area (Å²) in [5.41, 5.74) is 3.06. The van der Waals surface area contributed by atoms with Crippen LogP contribution >= 0.6 is 0 Å². The number of H-pyrrole nitrogens is 1. The third-order valence-electron chi connectivity index (χ3n) is 3.24. The number of nitrogens with one attached hydrogen (secondary N) is 1. The molecule has 0 fully saturated rings. The maximum Gasteiger partial charge on any atom is 0.231 e. The van der Waals surface area contributed by atoms with Crippen LogP contribution in [0.5, 0.6) is 11.5 Å². The predicted molar refractivity (Wildman–Crippen MR) is 77.6 cm³/mol. The van der Waals surface area contributed by atoms with Gasteiger partial charge in [-0.05, 0) is 35.9 Å². The lowest BCUT2D eigenvalue weighted by atomic mass is 10.2. The van der Waals surface area contributed by atoms with E-state index in [0.29, 0.717) is 6.79 Å². The third-order valence-corrected chi connectivity index (χ3v) is 3.24. The van der Waals surface area contributed by atoms with Crippen molar-refractivity contribution < 1.29 is 9.47 Å². The minimum atomic E-state index is 0.298. The van der Waals surface area contributed by atoms with Gasteiger partial charge in [0.25, 0.3) is 0 Å². The molecule has 1 aromatic heterocycles. The van der Waals surface area contributed by atoms with E-state index in [1.54, 1.807) is 0 Å². The molecule has 0 radical (unpaired) electrons. The first-order valence-corrected chi connectivity index (χ1v) is 6.41. The molecule has 4 rings (SSSR count). The van der Waals surface area contributed by atoms with Gasteiger partial charge in [-0.15, -0.1) is 0 Å². The van der Waals surface area contributed by atoms with E-state index in [0.717, 1.165) is 33.9 Å². The molecule has 0 saturated carbocycles. The van der Waals surface area contributed by atoms with Crippen LogP contribution in [0.3, 0.4) is 0 Å². The smallest absolute Gasteiger partial charge is 0.231 e. The number of hydrogen-bond acceptors (Lipinski definition) is 3. The van der Waals surface area contributed by atoms with E-state index >= 15 is 0 Å². The molecule has 1 N–H and O–H groups in total. The molecular formula is C16H12N2O2. The summed E-state index contributed by atoms with van der Waals surface area (Å²) < 4.78 is 10.7. The minimum absolute atomic E-state index is 0.298. The molecule has 0 atom stereocenters. The van der Waals surface area contributed by atoms with Crippen LogP contribution in [-0.2, 0) is 0 Å². The number of rotatable bonds is 2. The van der Waals surface area contributed by atoms with E-state index < -0.39 is 0 Å². The standard InChI is InChI=1S/C16H12N2O2/c1-2-4-13-12(3-1)17-16(18-13)8-6-11-5-7-14-15(9-11)20-10-19-14/h1-9H,10H2,(H,17,18)/b8-6+. The van der Waals surface area contributed by atoms with Gasteiger partial charge < -0.3 is 14.5 Å². The number of imidazole rings is 1. The first-order chi connectivity index (χ1) is 9.88. The maximum atomic E-state index is 5.36. The van der Waals surface area contributed by atoms with Crippen molar-refractivity contribution in [3.63, 3.8) is 0 Å². The Morgan fingerprint density at radius 1 is 1.00 bits per heavy atom. The summed E-state index contributed by atoms with van der Waals surface area (Å²) in [5, 5.41) is 0. The van der Waals surface area contributed by atoms with Crippen molar-refractivity contribution in [2.75, 3.05) is 6.79 Å². The summed E-state index contributed by atoms with van der Waals surface area (Å²) in [6, 6.07) is 13.8. The lowest BCUT2D eigenvalue weighted by Crippen LogP contribution is -1.92. The molecule has 2 aromatic carbocycles. The van der Waals surface area contributed by atoms with Crippen molar-refractivity contribution >= 4 is 23.2 Å². The Morgan fingerprint density at radius 2 is 1.90 bits per heavy atom. The number of ether oxygens (including phenoxy) is 2. The second kappa shape index (κ2) is 4.42. The zero-order chi connectivity index (χ0) is 13.4. The fourth-order valence-corrected chi connectivity index (χ4v) is 2.24. The van der Waals surface area contributed by atoms with Gasteiger partial charge in [0.2, 0.25) is 6.79 Å². The quantitative estimate of drug-likeness (QED) is 0.771. The van der Waals surface area contributed by atoms with Crippen molar-refractivity contribution in [3.05, 3.63) is 53.9 Å². The summed E-state index contributed by atoms with van der Waals surface area (Å²) in [6.07, 6.45) is 3.96. The highest BCUT2D eigenvalue weighted by Gasteiger charge is 2.12. The highest BCUT2D eigenvalue weighted by molar-refractivity contribution is 5.78. The maximum absolute atomic E-state index is 5.36. The Labute approximate surface area is 115 Å². The number of aromatic nitrogens is 2. The van der Waals surface area contributed by atoms with Gasteiger partial charge in [0.1, 0.15) is 5.82 Å². The van der Waals surface area contributed by atoms with Crippen LogP contribution in [-0.4, -0.2) is 16.8 Å². The van der Waals surface area contributed by atoms with Crippen LogP contribution in [0.25, 0.3) is 23.2 Å². The van der Waals surface area contributed by atoms with Gasteiger partial charge in [0.05, 0.1) is 11.0 Å². The molecule has 98 valence electrons. The van der Waals surface area contributed by atoms with Gasteiger partial charge in [-0.3, -0.25) is 0 Å². The molecule has 1 aliphatic rings. The zero-order valence-electron chi connectivity index (χ0n) is 10.7. The van der Waals surface area contributed by atoms with Gasteiger partial charge in [-0.2, -0.15) is 0 Å². The van der Waals surface area contributed by atoms with Gasteiger partial charge in [0.15, 0.2) is 11.5 Å². The third kappa shape index (κ3) is 1.91. The number of hydrogen-bond donors (Lipinski definition) is 1. The summed E-state index contributed by atoms with van der Waals surface area (Å²) in [7, 11) is 0. The van der Waals surface area contributed by atoms with Crippen LogP contribution in [0.4, 0.5) is 0 Å². The number of aromatic amines is 1.